The summed E-state index contributed by atoms with van der Waals surface area (Å²) < 4.78 is 5.19. The highest BCUT2D eigenvalue weighted by molar-refractivity contribution is 7.98. The Labute approximate surface area is 164 Å². The zero-order chi connectivity index (χ0) is 19.3. The molecule has 0 radical (unpaired) electrons. The molecule has 0 saturated carbocycles. The molecule has 26 heavy (non-hydrogen) atoms. The molecule has 140 valence electrons. The molecule has 0 saturated heterocycles. The van der Waals surface area contributed by atoms with Crippen molar-refractivity contribution < 1.29 is 14.6 Å². The summed E-state index contributed by atoms with van der Waals surface area (Å²) in [6.07, 6.45) is 0.570. The largest absolute Gasteiger partial charge is 0.497 e. The lowest BCUT2D eigenvalue weighted by molar-refractivity contribution is -0.144. The molecule has 0 aromatic heterocycles. The van der Waals surface area contributed by atoms with E-state index in [1.54, 1.807) is 31.9 Å². The van der Waals surface area contributed by atoms with Crippen LogP contribution in [0.5, 0.6) is 5.75 Å². The van der Waals surface area contributed by atoms with E-state index in [2.05, 4.69) is 0 Å². The number of aliphatic carboxylic acids is 1. The quantitative estimate of drug-likeness (QED) is 0.557. The van der Waals surface area contributed by atoms with Gasteiger partial charge >= 0.3 is 5.97 Å². The number of ether oxygens (including phenoxy) is 1. The number of hydrogen-bond acceptors (Lipinski definition) is 3. The van der Waals surface area contributed by atoms with E-state index in [9.17, 15) is 9.90 Å². The minimum absolute atomic E-state index is 0.270. The molecule has 0 aliphatic rings. The van der Waals surface area contributed by atoms with Gasteiger partial charge in [-0.15, -0.1) is 11.8 Å². The average Bonchev–Trinajstić information content (AvgIpc) is 2.59. The van der Waals surface area contributed by atoms with Crippen molar-refractivity contribution in [2.45, 2.75) is 43.3 Å². The maximum Gasteiger partial charge on any atom is 0.313 e. The van der Waals surface area contributed by atoms with Gasteiger partial charge in [-0.05, 0) is 54.7 Å². The zero-order valence-electron chi connectivity index (χ0n) is 15.6. The molecule has 0 aliphatic heterocycles. The Morgan fingerprint density at radius 1 is 1.23 bits per heavy atom. The van der Waals surface area contributed by atoms with Gasteiger partial charge in [-0.2, -0.15) is 0 Å². The zero-order valence-corrected chi connectivity index (χ0v) is 17.2. The Morgan fingerprint density at radius 2 is 1.88 bits per heavy atom. The molecule has 5 heteroatoms. The van der Waals surface area contributed by atoms with Crippen molar-refractivity contribution in [3.05, 3.63) is 58.6 Å². The molecule has 2 rings (SSSR count). The number of hydrogen-bond donors (Lipinski definition) is 1. The third-order valence-corrected chi connectivity index (χ3v) is 5.74. The summed E-state index contributed by atoms with van der Waals surface area (Å²) >= 11 is 7.81. The lowest BCUT2D eigenvalue weighted by Crippen LogP contribution is -2.34. The summed E-state index contributed by atoms with van der Waals surface area (Å²) in [5, 5.41) is 10.5. The van der Waals surface area contributed by atoms with Crippen LogP contribution < -0.4 is 4.74 Å². The molecule has 0 bridgehead atoms. The summed E-state index contributed by atoms with van der Waals surface area (Å²) in [7, 11) is 1.64. The van der Waals surface area contributed by atoms with Gasteiger partial charge in [-0.1, -0.05) is 43.6 Å². The van der Waals surface area contributed by atoms with Crippen LogP contribution in [0.2, 0.25) is 5.02 Å². The number of halogens is 1. The molecule has 0 heterocycles. The number of methoxy groups -OCH3 is 1. The van der Waals surface area contributed by atoms with E-state index in [1.165, 1.54) is 0 Å². The van der Waals surface area contributed by atoms with E-state index in [0.717, 1.165) is 27.5 Å². The fourth-order valence-corrected chi connectivity index (χ4v) is 4.49. The van der Waals surface area contributed by atoms with E-state index in [-0.39, 0.29) is 5.92 Å². The van der Waals surface area contributed by atoms with Gasteiger partial charge in [-0.25, -0.2) is 0 Å². The second kappa shape index (κ2) is 8.83. The second-order valence-electron chi connectivity index (χ2n) is 7.01. The lowest BCUT2D eigenvalue weighted by Gasteiger charge is -2.29. The average molecular weight is 393 g/mol. The van der Waals surface area contributed by atoms with Crippen LogP contribution in [-0.2, 0) is 16.0 Å². The van der Waals surface area contributed by atoms with E-state index in [4.69, 9.17) is 16.3 Å². The highest BCUT2D eigenvalue weighted by Gasteiger charge is 2.37. The Bertz CT molecular complexity index is 758. The van der Waals surface area contributed by atoms with Crippen molar-refractivity contribution in [2.75, 3.05) is 7.11 Å². The molecule has 0 aliphatic carbocycles. The van der Waals surface area contributed by atoms with E-state index in [1.807, 2.05) is 50.2 Å². The van der Waals surface area contributed by atoms with Crippen molar-refractivity contribution in [3.63, 3.8) is 0 Å². The van der Waals surface area contributed by atoms with Crippen LogP contribution in [0.3, 0.4) is 0 Å². The summed E-state index contributed by atoms with van der Waals surface area (Å²) in [6, 6.07) is 13.4. The smallest absolute Gasteiger partial charge is 0.313 e. The number of carbonyl (C=O) groups is 1. The van der Waals surface area contributed by atoms with Crippen LogP contribution in [-0.4, -0.2) is 18.2 Å². The highest BCUT2D eigenvalue weighted by atomic mass is 35.5. The van der Waals surface area contributed by atoms with Crippen LogP contribution in [0.1, 0.15) is 38.3 Å². The Morgan fingerprint density at radius 3 is 2.42 bits per heavy atom. The highest BCUT2D eigenvalue weighted by Crippen LogP contribution is 2.40. The molecule has 3 nitrogen and oxygen atoms in total. The molecule has 2 aromatic rings. The van der Waals surface area contributed by atoms with Gasteiger partial charge < -0.3 is 9.84 Å². The number of rotatable bonds is 8. The topological polar surface area (TPSA) is 46.5 Å². The Balaban J connectivity index is 2.32. The normalized spacial score (nSPS) is 13.5. The maximum absolute atomic E-state index is 12.1. The number of carboxylic acid groups (broad SMARTS) is 1. The first-order chi connectivity index (χ1) is 12.3. The van der Waals surface area contributed by atoms with Crippen LogP contribution >= 0.6 is 23.4 Å². The molecular weight excluding hydrogens is 368 g/mol. The predicted octanol–water partition coefficient (Wildman–Crippen LogP) is 6.03. The first-order valence-electron chi connectivity index (χ1n) is 8.55. The van der Waals surface area contributed by atoms with E-state index < -0.39 is 11.4 Å². The molecule has 1 N–H and O–H groups in total. The minimum Gasteiger partial charge on any atom is -0.497 e. The summed E-state index contributed by atoms with van der Waals surface area (Å²) in [4.78, 5) is 13.0. The lowest BCUT2D eigenvalue weighted by atomic mass is 9.76. The van der Waals surface area contributed by atoms with E-state index >= 15 is 0 Å². The minimum atomic E-state index is -0.943. The molecule has 2 aromatic carbocycles. The first kappa shape index (κ1) is 20.7. The van der Waals surface area contributed by atoms with Crippen LogP contribution in [0.25, 0.3) is 0 Å². The van der Waals surface area contributed by atoms with Crippen molar-refractivity contribution in [2.24, 2.45) is 5.92 Å². The SMILES string of the molecule is COc1ccc(CSc2cc(Cl)ccc2C(C)(CC(C)C)C(=O)O)cc1. The van der Waals surface area contributed by atoms with Crippen molar-refractivity contribution >= 4 is 29.3 Å². The monoisotopic (exact) mass is 392 g/mol. The Hall–Kier alpha value is -1.65. The van der Waals surface area contributed by atoms with Crippen LogP contribution in [0, 0.1) is 5.92 Å². The summed E-state index contributed by atoms with van der Waals surface area (Å²) in [6.45, 7) is 5.89. The third kappa shape index (κ3) is 4.95. The summed E-state index contributed by atoms with van der Waals surface area (Å²) in [5.74, 6) is 1.01. The standard InChI is InChI=1S/C21H25ClO3S/c1-14(2)12-21(3,20(23)24)18-10-7-16(22)11-19(18)26-13-15-5-8-17(25-4)9-6-15/h5-11,14H,12-13H2,1-4H3,(H,23,24). The van der Waals surface area contributed by atoms with Gasteiger partial charge in [0.1, 0.15) is 5.75 Å². The second-order valence-corrected chi connectivity index (χ2v) is 8.47. The third-order valence-electron chi connectivity index (χ3n) is 4.38. The molecule has 1 atom stereocenters. The molecule has 0 amide bonds. The Kier molecular flexibility index (Phi) is 7.01. The fourth-order valence-electron chi connectivity index (χ4n) is 3.08. The fraction of sp³-hybridized carbons (Fsp3) is 0.381. The van der Waals surface area contributed by atoms with Crippen LogP contribution in [0.15, 0.2) is 47.4 Å². The van der Waals surface area contributed by atoms with Crippen LogP contribution in [0.4, 0.5) is 0 Å². The van der Waals surface area contributed by atoms with Crippen molar-refractivity contribution in [3.8, 4) is 5.75 Å². The van der Waals surface area contributed by atoms with Gasteiger partial charge in [0.05, 0.1) is 12.5 Å². The predicted molar refractivity (Wildman–Crippen MR) is 108 cm³/mol. The van der Waals surface area contributed by atoms with Crippen molar-refractivity contribution in [1.82, 2.24) is 0 Å². The first-order valence-corrected chi connectivity index (χ1v) is 9.91. The molecule has 1 unspecified atom stereocenters. The van der Waals surface area contributed by atoms with Gasteiger partial charge in [0.2, 0.25) is 0 Å². The van der Waals surface area contributed by atoms with Gasteiger partial charge in [0.15, 0.2) is 0 Å². The number of carboxylic acids is 1. The van der Waals surface area contributed by atoms with Gasteiger partial charge in [0.25, 0.3) is 0 Å². The summed E-state index contributed by atoms with van der Waals surface area (Å²) in [5.41, 5.74) is 1.02. The molecule has 0 spiro atoms. The van der Waals surface area contributed by atoms with Crippen molar-refractivity contribution in [1.29, 1.82) is 0 Å². The number of thioether (sulfide) groups is 1. The molecule has 0 fully saturated rings. The maximum atomic E-state index is 12.1. The molecular formula is C21H25ClO3S. The number of benzene rings is 2. The van der Waals surface area contributed by atoms with E-state index in [0.29, 0.717) is 11.4 Å². The van der Waals surface area contributed by atoms with Gasteiger partial charge in [0, 0.05) is 15.7 Å². The van der Waals surface area contributed by atoms with Gasteiger partial charge in [-0.3, -0.25) is 4.79 Å².